The summed E-state index contributed by atoms with van der Waals surface area (Å²) in [5.74, 6) is 1.40. The molecule has 10 heteroatoms. The third-order valence-electron chi connectivity index (χ3n) is 7.64. The van der Waals surface area contributed by atoms with E-state index >= 15 is 0 Å². The number of allylic oxidation sites excluding steroid dienone is 1. The molecule has 46 heavy (non-hydrogen) atoms. The van der Waals surface area contributed by atoms with Crippen LogP contribution in [0.5, 0.6) is 11.5 Å². The van der Waals surface area contributed by atoms with Crippen molar-refractivity contribution in [2.24, 2.45) is 5.73 Å². The molecular formula is C36H60N4O6. The fourth-order valence-electron chi connectivity index (χ4n) is 4.89. The number of nitrogens with one attached hydrogen (secondary N) is 1. The van der Waals surface area contributed by atoms with E-state index in [1.54, 1.807) is 20.3 Å². The minimum Gasteiger partial charge on any atom is -0.507 e. The smallest absolute Gasteiger partial charge is 0.305 e. The van der Waals surface area contributed by atoms with E-state index in [2.05, 4.69) is 39.8 Å². The van der Waals surface area contributed by atoms with Gasteiger partial charge in [-0.2, -0.15) is 0 Å². The second-order valence-electron chi connectivity index (χ2n) is 11.1. The van der Waals surface area contributed by atoms with Gasteiger partial charge in [-0.05, 0) is 88.6 Å². The molecule has 0 aliphatic heterocycles. The number of benzene rings is 1. The maximum absolute atomic E-state index is 10.8. The molecule has 1 aromatic heterocycles. The van der Waals surface area contributed by atoms with Crippen molar-refractivity contribution in [1.29, 1.82) is 0 Å². The average molecular weight is 645 g/mol. The normalized spacial score (nSPS) is 12.4. The van der Waals surface area contributed by atoms with Crippen LogP contribution in [0.3, 0.4) is 0 Å². The van der Waals surface area contributed by atoms with Gasteiger partial charge in [0.05, 0.1) is 20.0 Å². The Hall–Kier alpha value is -3.37. The summed E-state index contributed by atoms with van der Waals surface area (Å²) in [5, 5.41) is 23.7. The van der Waals surface area contributed by atoms with Crippen LogP contribution < -0.4 is 15.8 Å². The molecule has 1 atom stereocenters. The lowest BCUT2D eigenvalue weighted by molar-refractivity contribution is -0.143. The third kappa shape index (κ3) is 14.4. The van der Waals surface area contributed by atoms with Crippen molar-refractivity contribution in [3.05, 3.63) is 41.2 Å². The van der Waals surface area contributed by atoms with Crippen LogP contribution in [0.15, 0.2) is 30.0 Å². The van der Waals surface area contributed by atoms with Crippen LogP contribution in [-0.2, 0) is 32.0 Å². The predicted octanol–water partition coefficient (Wildman–Crippen LogP) is 7.72. The summed E-state index contributed by atoms with van der Waals surface area (Å²) in [6, 6.07) is 5.60. The SMILES string of the molecule is CCCC(=O)OCC.CCCCCC(CC)Nc1nnc(-c2ccc(OC)cc2O)c(CCCOC)c1COC=C1CCC1.CN. The minimum atomic E-state index is -0.0880. The molecule has 3 rings (SSSR count). The second kappa shape index (κ2) is 24.8. The zero-order valence-corrected chi connectivity index (χ0v) is 29.5. The lowest BCUT2D eigenvalue weighted by atomic mass is 9.94. The predicted molar refractivity (Wildman–Crippen MR) is 186 cm³/mol. The van der Waals surface area contributed by atoms with Crippen LogP contribution in [0.25, 0.3) is 11.3 Å². The van der Waals surface area contributed by atoms with E-state index in [0.29, 0.717) is 49.3 Å². The summed E-state index contributed by atoms with van der Waals surface area (Å²) in [6.07, 6.45) is 14.1. The summed E-state index contributed by atoms with van der Waals surface area (Å²) in [4.78, 5) is 10.4. The molecule has 0 bridgehead atoms. The standard InChI is InChI=1S/C29H43N3O4.C6H12O2.CH5N/c1-5-7-8-13-22(6-2)30-29-26(20-36-19-21-11-9-12-21)24(14-10-17-34-3)28(31-32-29)25-16-15-23(35-4)18-27(25)33;1-3-5-6(7)8-4-2;1-2/h15-16,18-19,22,33H,5-14,17,20H2,1-4H3,(H,30,32);3-5H2,1-2H3;2H2,1H3. The van der Waals surface area contributed by atoms with Crippen molar-refractivity contribution in [3.8, 4) is 22.8 Å². The Balaban J connectivity index is 0.000000922. The van der Waals surface area contributed by atoms with Crippen molar-refractivity contribution >= 4 is 11.8 Å². The van der Waals surface area contributed by atoms with Crippen LogP contribution in [0.4, 0.5) is 5.82 Å². The average Bonchev–Trinajstić information content (AvgIpc) is 3.04. The summed E-state index contributed by atoms with van der Waals surface area (Å²) in [5.41, 5.74) is 9.19. The molecular weight excluding hydrogens is 584 g/mol. The van der Waals surface area contributed by atoms with E-state index in [4.69, 9.17) is 14.2 Å². The highest BCUT2D eigenvalue weighted by atomic mass is 16.5. The number of phenols is 1. The number of esters is 1. The molecule has 10 nitrogen and oxygen atoms in total. The fourth-order valence-corrected chi connectivity index (χ4v) is 4.89. The lowest BCUT2D eigenvalue weighted by Crippen LogP contribution is -2.22. The first kappa shape index (κ1) is 40.7. The van der Waals surface area contributed by atoms with Crippen LogP contribution in [0.2, 0.25) is 0 Å². The molecule has 0 saturated heterocycles. The number of aromatic nitrogens is 2. The molecule has 4 N–H and O–H groups in total. The Morgan fingerprint density at radius 3 is 2.37 bits per heavy atom. The number of rotatable bonds is 19. The summed E-state index contributed by atoms with van der Waals surface area (Å²) in [7, 11) is 4.80. The van der Waals surface area contributed by atoms with Crippen LogP contribution >= 0.6 is 0 Å². The quantitative estimate of drug-likeness (QED) is 0.0791. The van der Waals surface area contributed by atoms with Crippen molar-refractivity contribution in [3.63, 3.8) is 0 Å². The molecule has 0 spiro atoms. The molecule has 1 fully saturated rings. The summed E-state index contributed by atoms with van der Waals surface area (Å²) < 4.78 is 21.4. The molecule has 0 amide bonds. The molecule has 0 radical (unpaired) electrons. The topological polar surface area (TPSA) is 138 Å². The first-order chi connectivity index (χ1) is 22.4. The first-order valence-electron chi connectivity index (χ1n) is 17.0. The van der Waals surface area contributed by atoms with Gasteiger partial charge in [0.25, 0.3) is 0 Å². The van der Waals surface area contributed by atoms with Gasteiger partial charge in [-0.15, -0.1) is 10.2 Å². The Bertz CT molecular complexity index is 1140. The van der Waals surface area contributed by atoms with Crippen LogP contribution in [0, 0.1) is 0 Å². The number of nitrogens with two attached hydrogens (primary N) is 1. The van der Waals surface area contributed by atoms with Gasteiger partial charge >= 0.3 is 5.97 Å². The first-order valence-corrected chi connectivity index (χ1v) is 17.0. The largest absolute Gasteiger partial charge is 0.507 e. The van der Waals surface area contributed by atoms with E-state index in [1.807, 2.05) is 32.2 Å². The molecule has 2 aromatic rings. The Labute approximate surface area is 277 Å². The number of nitrogens with zero attached hydrogens (tertiary/aromatic N) is 2. The molecule has 1 aliphatic carbocycles. The number of methoxy groups -OCH3 is 2. The fraction of sp³-hybridized carbons (Fsp3) is 0.639. The maximum Gasteiger partial charge on any atom is 0.305 e. The number of carbonyl (C=O) groups is 1. The zero-order valence-electron chi connectivity index (χ0n) is 29.5. The maximum atomic E-state index is 10.8. The molecule has 1 aliphatic rings. The van der Waals surface area contributed by atoms with Gasteiger partial charge in [0.15, 0.2) is 5.82 Å². The lowest BCUT2D eigenvalue weighted by Gasteiger charge is -2.23. The number of hydrogen-bond acceptors (Lipinski definition) is 10. The number of unbranched alkanes of at least 4 members (excludes halogenated alkanes) is 2. The number of ether oxygens (including phenoxy) is 4. The van der Waals surface area contributed by atoms with E-state index in [-0.39, 0.29) is 11.7 Å². The van der Waals surface area contributed by atoms with Gasteiger partial charge in [-0.3, -0.25) is 4.79 Å². The minimum absolute atomic E-state index is 0.0880. The van der Waals surface area contributed by atoms with Gasteiger partial charge in [-0.1, -0.05) is 40.0 Å². The molecule has 1 aromatic carbocycles. The Kier molecular flexibility index (Phi) is 21.9. The Morgan fingerprint density at radius 1 is 1.04 bits per heavy atom. The number of hydrogen-bond donors (Lipinski definition) is 3. The van der Waals surface area contributed by atoms with Crippen molar-refractivity contribution < 1.29 is 28.8 Å². The van der Waals surface area contributed by atoms with Gasteiger partial charge in [0, 0.05) is 43.4 Å². The molecule has 1 heterocycles. The monoisotopic (exact) mass is 644 g/mol. The van der Waals surface area contributed by atoms with Gasteiger partial charge in [0.2, 0.25) is 0 Å². The number of aromatic hydroxyl groups is 1. The van der Waals surface area contributed by atoms with E-state index < -0.39 is 0 Å². The summed E-state index contributed by atoms with van der Waals surface area (Å²) >= 11 is 0. The summed E-state index contributed by atoms with van der Waals surface area (Å²) in [6.45, 7) is 9.74. The number of carbonyl (C=O) groups excluding carboxylic acids is 1. The van der Waals surface area contributed by atoms with Crippen LogP contribution in [-0.4, -0.2) is 61.8 Å². The highest BCUT2D eigenvalue weighted by Gasteiger charge is 2.22. The second-order valence-corrected chi connectivity index (χ2v) is 11.1. The number of phenolic OH excluding ortho intramolecular Hbond substituents is 1. The Morgan fingerprint density at radius 2 is 1.80 bits per heavy atom. The molecule has 1 unspecified atom stereocenters. The van der Waals surface area contributed by atoms with Crippen molar-refractivity contribution in [2.45, 2.75) is 117 Å². The van der Waals surface area contributed by atoms with Gasteiger partial charge in [0.1, 0.15) is 23.8 Å². The zero-order chi connectivity index (χ0) is 34.2. The number of anilines is 1. The molecule has 1 saturated carbocycles. The molecule has 260 valence electrons. The highest BCUT2D eigenvalue weighted by Crippen LogP contribution is 2.37. The van der Waals surface area contributed by atoms with E-state index in [9.17, 15) is 9.90 Å². The van der Waals surface area contributed by atoms with Gasteiger partial charge in [-0.25, -0.2) is 0 Å². The third-order valence-corrected chi connectivity index (χ3v) is 7.64. The van der Waals surface area contributed by atoms with E-state index in [0.717, 1.165) is 61.9 Å². The van der Waals surface area contributed by atoms with Crippen molar-refractivity contribution in [1.82, 2.24) is 10.2 Å². The highest BCUT2D eigenvalue weighted by molar-refractivity contribution is 5.73. The van der Waals surface area contributed by atoms with Crippen molar-refractivity contribution in [2.75, 3.05) is 39.8 Å². The van der Waals surface area contributed by atoms with Gasteiger partial charge < -0.3 is 35.1 Å². The van der Waals surface area contributed by atoms with Crippen LogP contribution in [0.1, 0.15) is 109 Å². The van der Waals surface area contributed by atoms with E-state index in [1.165, 1.54) is 38.3 Å².